The second kappa shape index (κ2) is 13.5. The van der Waals surface area contributed by atoms with Gasteiger partial charge in [-0.1, -0.05) is 30.3 Å². The number of aromatic nitrogens is 4. The average Bonchev–Trinajstić information content (AvgIpc) is 3.71. The molecule has 0 bridgehead atoms. The molecule has 1 fully saturated rings. The van der Waals surface area contributed by atoms with Crippen LogP contribution >= 0.6 is 0 Å². The topological polar surface area (TPSA) is 115 Å². The van der Waals surface area contributed by atoms with Gasteiger partial charge in [-0.2, -0.15) is 10.4 Å². The number of likely N-dealkylation sites (tertiary alicyclic amines) is 1. The van der Waals surface area contributed by atoms with Gasteiger partial charge in [0.2, 0.25) is 0 Å². The Hall–Kier alpha value is -5.43. The molecule has 2 aliphatic rings. The summed E-state index contributed by atoms with van der Waals surface area (Å²) in [5.74, 6) is 1.58. The summed E-state index contributed by atoms with van der Waals surface area (Å²) in [6, 6.07) is 22.7. The molecule has 0 spiro atoms. The van der Waals surface area contributed by atoms with Crippen LogP contribution in [0.4, 0.5) is 4.79 Å². The number of fused-ring (bicyclic) bond motifs is 2. The predicted molar refractivity (Wildman–Crippen MR) is 191 cm³/mol. The van der Waals surface area contributed by atoms with Crippen LogP contribution in [0.3, 0.4) is 0 Å². The lowest BCUT2D eigenvalue weighted by Crippen LogP contribution is -2.41. The minimum Gasteiger partial charge on any atom is -0.497 e. The van der Waals surface area contributed by atoms with E-state index in [2.05, 4.69) is 30.3 Å². The highest BCUT2D eigenvalue weighted by Crippen LogP contribution is 2.42. The largest absolute Gasteiger partial charge is 0.497 e. The number of nitriles is 1. The van der Waals surface area contributed by atoms with Crippen molar-refractivity contribution in [3.05, 3.63) is 89.2 Å². The van der Waals surface area contributed by atoms with E-state index in [1.807, 2.05) is 68.0 Å². The summed E-state index contributed by atoms with van der Waals surface area (Å²) < 4.78 is 18.9. The van der Waals surface area contributed by atoms with Crippen molar-refractivity contribution in [3.63, 3.8) is 0 Å². The van der Waals surface area contributed by atoms with E-state index in [0.29, 0.717) is 25.4 Å². The summed E-state index contributed by atoms with van der Waals surface area (Å²) in [5, 5.41) is 14.9. The molecule has 2 aromatic carbocycles. The maximum atomic E-state index is 12.6. The second-order valence-electron chi connectivity index (χ2n) is 14.1. The lowest BCUT2D eigenvalue weighted by molar-refractivity contribution is 0.0204. The van der Waals surface area contributed by atoms with Crippen LogP contribution in [0.25, 0.3) is 33.5 Å². The first kappa shape index (κ1) is 33.1. The molecule has 10 nitrogen and oxygen atoms in total. The molecule has 10 heteroatoms. The minimum atomic E-state index is -0.514. The van der Waals surface area contributed by atoms with Crippen LogP contribution in [-0.2, 0) is 17.7 Å². The molecule has 5 aromatic rings. The van der Waals surface area contributed by atoms with E-state index in [1.165, 1.54) is 0 Å². The van der Waals surface area contributed by atoms with Crippen molar-refractivity contribution in [1.29, 1.82) is 5.26 Å². The number of carbonyl (C=O) groups excluding carboxylic acids is 1. The van der Waals surface area contributed by atoms with Gasteiger partial charge in [0.15, 0.2) is 0 Å². The minimum absolute atomic E-state index is 0.114. The number of pyridine rings is 2. The molecule has 1 unspecified atom stereocenters. The Bertz CT molecular complexity index is 2070. The van der Waals surface area contributed by atoms with Crippen molar-refractivity contribution < 1.29 is 19.0 Å². The highest BCUT2D eigenvalue weighted by Gasteiger charge is 2.29. The fourth-order valence-corrected chi connectivity index (χ4v) is 7.13. The zero-order valence-electron chi connectivity index (χ0n) is 29.3. The SMILES string of the molecule is COc1ccc(Cn2nc(-c3ccc(C4CCN(C(=O)OC(C)(C)C)CC4)nc3)c3nc(-c4cccc5c4CCC5C#N)c(OC)cc32)cc1. The molecule has 1 amide bonds. The third kappa shape index (κ3) is 6.48. The van der Waals surface area contributed by atoms with Gasteiger partial charge < -0.3 is 19.1 Å². The van der Waals surface area contributed by atoms with Gasteiger partial charge in [0.1, 0.15) is 34.0 Å². The summed E-state index contributed by atoms with van der Waals surface area (Å²) in [4.78, 5) is 24.6. The molecule has 50 heavy (non-hydrogen) atoms. The summed E-state index contributed by atoms with van der Waals surface area (Å²) >= 11 is 0. The van der Waals surface area contributed by atoms with Crippen LogP contribution < -0.4 is 9.47 Å². The van der Waals surface area contributed by atoms with Gasteiger partial charge >= 0.3 is 6.09 Å². The van der Waals surface area contributed by atoms with Gasteiger partial charge in [-0.25, -0.2) is 9.78 Å². The molecule has 3 aromatic heterocycles. The first-order valence-electron chi connectivity index (χ1n) is 17.2. The number of rotatable bonds is 7. The van der Waals surface area contributed by atoms with Crippen LogP contribution in [0.15, 0.2) is 66.9 Å². The van der Waals surface area contributed by atoms with Gasteiger partial charge in [-0.3, -0.25) is 9.67 Å². The van der Waals surface area contributed by atoms with Crippen LogP contribution in [0, 0.1) is 11.3 Å². The van der Waals surface area contributed by atoms with E-state index < -0.39 is 5.60 Å². The molecule has 1 aliphatic heterocycles. The fraction of sp³-hybridized carbons (Fsp3) is 0.375. The van der Waals surface area contributed by atoms with Crippen molar-refractivity contribution in [3.8, 4) is 40.1 Å². The van der Waals surface area contributed by atoms with Gasteiger partial charge in [-0.05, 0) is 87.4 Å². The van der Waals surface area contributed by atoms with Crippen molar-refractivity contribution in [2.45, 2.75) is 70.4 Å². The molecular formula is C40H42N6O4. The van der Waals surface area contributed by atoms with Crippen molar-refractivity contribution >= 4 is 17.1 Å². The van der Waals surface area contributed by atoms with Gasteiger partial charge in [0.05, 0.1) is 38.3 Å². The summed E-state index contributed by atoms with van der Waals surface area (Å²) in [7, 11) is 3.33. The van der Waals surface area contributed by atoms with E-state index in [4.69, 9.17) is 29.3 Å². The van der Waals surface area contributed by atoms with Crippen LogP contribution in [-0.4, -0.2) is 63.7 Å². The standard InChI is InChI=1S/C40H42N6O4/c1-40(2,3)50-39(47)45-19-17-26(18-20-45)33-16-12-28(23-42-33)36-38-34(46(44-36)24-25-9-13-29(48-4)14-10-25)21-35(49-5)37(43-38)32-8-6-7-30-27(22-41)11-15-31(30)32/h6-10,12-14,16,21,23,26-27H,11,15,17-20,24H2,1-5H3. The first-order chi connectivity index (χ1) is 24.1. The lowest BCUT2D eigenvalue weighted by atomic mass is 9.93. The lowest BCUT2D eigenvalue weighted by Gasteiger charge is -2.33. The Balaban J connectivity index is 1.25. The molecule has 0 radical (unpaired) electrons. The summed E-state index contributed by atoms with van der Waals surface area (Å²) in [6.45, 7) is 7.46. The Kier molecular flexibility index (Phi) is 8.91. The molecule has 1 saturated heterocycles. The molecule has 1 aliphatic carbocycles. The molecule has 256 valence electrons. The summed E-state index contributed by atoms with van der Waals surface area (Å²) in [5.41, 5.74) is 8.70. The van der Waals surface area contributed by atoms with Crippen molar-refractivity contribution in [1.82, 2.24) is 24.6 Å². The van der Waals surface area contributed by atoms with E-state index in [9.17, 15) is 10.1 Å². The number of hydrogen-bond donors (Lipinski definition) is 0. The Morgan fingerprint density at radius 1 is 0.980 bits per heavy atom. The number of methoxy groups -OCH3 is 2. The number of carbonyl (C=O) groups is 1. The van der Waals surface area contributed by atoms with Crippen molar-refractivity contribution in [2.24, 2.45) is 0 Å². The monoisotopic (exact) mass is 670 g/mol. The third-order valence-corrected chi connectivity index (χ3v) is 9.71. The number of benzene rings is 2. The third-order valence-electron chi connectivity index (χ3n) is 9.71. The van der Waals surface area contributed by atoms with Gasteiger partial charge in [0.25, 0.3) is 0 Å². The molecule has 4 heterocycles. The highest BCUT2D eigenvalue weighted by atomic mass is 16.6. The normalized spacial score (nSPS) is 16.2. The fourth-order valence-electron chi connectivity index (χ4n) is 7.13. The number of hydrogen-bond acceptors (Lipinski definition) is 8. The van der Waals surface area contributed by atoms with E-state index in [-0.39, 0.29) is 17.9 Å². The highest BCUT2D eigenvalue weighted by molar-refractivity contribution is 5.93. The molecule has 1 atom stereocenters. The molecule has 0 N–H and O–H groups in total. The smallest absolute Gasteiger partial charge is 0.410 e. The van der Waals surface area contributed by atoms with E-state index in [1.54, 1.807) is 19.1 Å². The molecular weight excluding hydrogens is 628 g/mol. The Morgan fingerprint density at radius 3 is 2.42 bits per heavy atom. The van der Waals surface area contributed by atoms with Gasteiger partial charge in [0, 0.05) is 48.1 Å². The van der Waals surface area contributed by atoms with E-state index >= 15 is 0 Å². The summed E-state index contributed by atoms with van der Waals surface area (Å²) in [6.07, 6.45) is 4.89. The predicted octanol–water partition coefficient (Wildman–Crippen LogP) is 7.89. The Morgan fingerprint density at radius 2 is 1.76 bits per heavy atom. The number of ether oxygens (including phenoxy) is 3. The maximum Gasteiger partial charge on any atom is 0.410 e. The number of piperidine rings is 1. The molecule has 7 rings (SSSR count). The zero-order chi connectivity index (χ0) is 35.0. The van der Waals surface area contributed by atoms with E-state index in [0.717, 1.165) is 87.4 Å². The number of nitrogens with zero attached hydrogens (tertiary/aromatic N) is 6. The van der Waals surface area contributed by atoms with Gasteiger partial charge in [-0.15, -0.1) is 0 Å². The molecule has 0 saturated carbocycles. The van der Waals surface area contributed by atoms with Crippen LogP contribution in [0.1, 0.15) is 74.3 Å². The maximum absolute atomic E-state index is 12.6. The first-order valence-corrected chi connectivity index (χ1v) is 17.2. The second-order valence-corrected chi connectivity index (χ2v) is 14.1. The average molecular weight is 671 g/mol. The van der Waals surface area contributed by atoms with Crippen LogP contribution in [0.2, 0.25) is 0 Å². The number of amides is 1. The zero-order valence-corrected chi connectivity index (χ0v) is 29.3. The quantitative estimate of drug-likeness (QED) is 0.172. The Labute approximate surface area is 292 Å². The van der Waals surface area contributed by atoms with Crippen molar-refractivity contribution in [2.75, 3.05) is 27.3 Å². The van der Waals surface area contributed by atoms with Crippen LogP contribution in [0.5, 0.6) is 11.5 Å².